The Bertz CT molecular complexity index is 1080. The van der Waals surface area contributed by atoms with Gasteiger partial charge in [-0.2, -0.15) is 0 Å². The van der Waals surface area contributed by atoms with E-state index < -0.39 is 5.25 Å². The SMILES string of the molecule is CCOc1ccccc1NC(=O)[C@H](Sc1nc2ccccc2o1)c1ccccc1. The highest BCUT2D eigenvalue weighted by molar-refractivity contribution is 8.00. The third kappa shape index (κ3) is 4.43. The Labute approximate surface area is 173 Å². The molecule has 0 spiro atoms. The Morgan fingerprint density at radius 1 is 1.03 bits per heavy atom. The summed E-state index contributed by atoms with van der Waals surface area (Å²) >= 11 is 1.28. The Balaban J connectivity index is 1.63. The van der Waals surface area contributed by atoms with Gasteiger partial charge >= 0.3 is 0 Å². The third-order valence-corrected chi connectivity index (χ3v) is 5.38. The minimum absolute atomic E-state index is 0.171. The molecule has 0 aliphatic rings. The Hall–Kier alpha value is -3.25. The minimum Gasteiger partial charge on any atom is -0.492 e. The molecule has 0 saturated heterocycles. The zero-order valence-electron chi connectivity index (χ0n) is 15.9. The number of hydrogen-bond donors (Lipinski definition) is 1. The number of fused-ring (bicyclic) bond motifs is 1. The normalized spacial score (nSPS) is 11.9. The molecule has 3 aromatic carbocycles. The van der Waals surface area contributed by atoms with E-state index in [0.29, 0.717) is 28.8 Å². The molecule has 0 unspecified atom stereocenters. The molecule has 1 amide bonds. The molecule has 1 heterocycles. The van der Waals surface area contributed by atoms with Gasteiger partial charge in [-0.25, -0.2) is 4.98 Å². The van der Waals surface area contributed by atoms with Crippen molar-refractivity contribution in [2.24, 2.45) is 0 Å². The number of aromatic nitrogens is 1. The third-order valence-electron chi connectivity index (χ3n) is 4.28. The molecule has 0 saturated carbocycles. The monoisotopic (exact) mass is 404 g/mol. The average molecular weight is 404 g/mol. The van der Waals surface area contributed by atoms with E-state index in [2.05, 4.69) is 10.3 Å². The van der Waals surface area contributed by atoms with Crippen LogP contribution in [-0.2, 0) is 4.79 Å². The first-order valence-electron chi connectivity index (χ1n) is 9.34. The van der Waals surface area contributed by atoms with Gasteiger partial charge in [0.1, 0.15) is 16.5 Å². The molecule has 5 nitrogen and oxygen atoms in total. The number of thioether (sulfide) groups is 1. The number of nitrogens with zero attached hydrogens (tertiary/aromatic N) is 1. The van der Waals surface area contributed by atoms with Gasteiger partial charge in [0.15, 0.2) is 5.58 Å². The van der Waals surface area contributed by atoms with Gasteiger partial charge in [0.25, 0.3) is 5.22 Å². The Morgan fingerprint density at radius 3 is 2.55 bits per heavy atom. The van der Waals surface area contributed by atoms with Crippen molar-refractivity contribution >= 4 is 34.5 Å². The summed E-state index contributed by atoms with van der Waals surface area (Å²) in [5.41, 5.74) is 2.97. The van der Waals surface area contributed by atoms with E-state index in [9.17, 15) is 4.79 Å². The fraction of sp³-hybridized carbons (Fsp3) is 0.130. The van der Waals surface area contributed by atoms with Crippen molar-refractivity contribution in [1.82, 2.24) is 4.98 Å². The van der Waals surface area contributed by atoms with Gasteiger partial charge in [-0.1, -0.05) is 54.6 Å². The lowest BCUT2D eigenvalue weighted by atomic mass is 10.1. The van der Waals surface area contributed by atoms with Gasteiger partial charge in [0.2, 0.25) is 5.91 Å². The van der Waals surface area contributed by atoms with Crippen LogP contribution in [0, 0.1) is 0 Å². The van der Waals surface area contributed by atoms with Crippen molar-refractivity contribution in [3.63, 3.8) is 0 Å². The molecule has 1 atom stereocenters. The lowest BCUT2D eigenvalue weighted by molar-refractivity contribution is -0.115. The van der Waals surface area contributed by atoms with Crippen LogP contribution in [-0.4, -0.2) is 17.5 Å². The topological polar surface area (TPSA) is 64.4 Å². The van der Waals surface area contributed by atoms with E-state index >= 15 is 0 Å². The highest BCUT2D eigenvalue weighted by Gasteiger charge is 2.25. The van der Waals surface area contributed by atoms with Gasteiger partial charge in [0.05, 0.1) is 12.3 Å². The second kappa shape index (κ2) is 8.84. The number of oxazole rings is 1. The molecular weight excluding hydrogens is 384 g/mol. The van der Waals surface area contributed by atoms with Crippen molar-refractivity contribution in [3.05, 3.63) is 84.4 Å². The van der Waals surface area contributed by atoms with Gasteiger partial charge in [-0.05, 0) is 48.5 Å². The van der Waals surface area contributed by atoms with Crippen molar-refractivity contribution in [3.8, 4) is 5.75 Å². The summed E-state index contributed by atoms with van der Waals surface area (Å²) in [7, 11) is 0. The number of para-hydroxylation sites is 4. The predicted octanol–water partition coefficient (Wildman–Crippen LogP) is 5.70. The number of nitrogens with one attached hydrogen (secondary N) is 1. The summed E-state index contributed by atoms with van der Waals surface area (Å²) in [4.78, 5) is 17.7. The molecule has 1 N–H and O–H groups in total. The number of ether oxygens (including phenoxy) is 1. The van der Waals surface area contributed by atoms with Gasteiger partial charge < -0.3 is 14.5 Å². The van der Waals surface area contributed by atoms with E-state index in [1.165, 1.54) is 11.8 Å². The second-order valence-electron chi connectivity index (χ2n) is 6.27. The maximum atomic E-state index is 13.2. The average Bonchev–Trinajstić information content (AvgIpc) is 3.17. The van der Waals surface area contributed by atoms with Gasteiger partial charge in [-0.15, -0.1) is 0 Å². The number of carbonyl (C=O) groups is 1. The molecule has 6 heteroatoms. The van der Waals surface area contributed by atoms with Crippen molar-refractivity contribution in [2.75, 3.05) is 11.9 Å². The first-order valence-corrected chi connectivity index (χ1v) is 10.2. The highest BCUT2D eigenvalue weighted by Crippen LogP contribution is 2.37. The summed E-state index contributed by atoms with van der Waals surface area (Å²) in [5, 5.41) is 2.92. The molecule has 1 aromatic heterocycles. The Kier molecular flexibility index (Phi) is 5.81. The van der Waals surface area contributed by atoms with E-state index in [-0.39, 0.29) is 5.91 Å². The molecule has 0 aliphatic heterocycles. The predicted molar refractivity (Wildman–Crippen MR) is 115 cm³/mol. The van der Waals surface area contributed by atoms with Gasteiger partial charge in [-0.3, -0.25) is 4.79 Å². The van der Waals surface area contributed by atoms with Crippen LogP contribution >= 0.6 is 11.8 Å². The second-order valence-corrected chi connectivity index (χ2v) is 7.33. The van der Waals surface area contributed by atoms with Crippen LogP contribution < -0.4 is 10.1 Å². The summed E-state index contributed by atoms with van der Waals surface area (Å²) in [6, 6.07) is 24.6. The Morgan fingerprint density at radius 2 is 1.76 bits per heavy atom. The highest BCUT2D eigenvalue weighted by atomic mass is 32.2. The smallest absolute Gasteiger partial charge is 0.257 e. The molecule has 29 heavy (non-hydrogen) atoms. The maximum absolute atomic E-state index is 13.2. The summed E-state index contributed by atoms with van der Waals surface area (Å²) in [5.74, 6) is 0.470. The van der Waals surface area contributed by atoms with Crippen LogP contribution in [0.3, 0.4) is 0 Å². The number of amides is 1. The molecule has 4 aromatic rings. The van der Waals surface area contributed by atoms with Crippen LogP contribution in [0.1, 0.15) is 17.7 Å². The van der Waals surface area contributed by atoms with E-state index in [4.69, 9.17) is 9.15 Å². The fourth-order valence-corrected chi connectivity index (χ4v) is 3.90. The molecular formula is C23H20N2O3S. The number of anilines is 1. The standard InChI is InChI=1S/C23H20N2O3S/c1-2-27-19-14-8-6-12-17(19)24-22(26)21(16-10-4-3-5-11-16)29-23-25-18-13-7-9-15-20(18)28-23/h3-15,21H,2H2,1H3,(H,24,26)/t21-/m1/s1. The lowest BCUT2D eigenvalue weighted by Crippen LogP contribution is -2.19. The zero-order chi connectivity index (χ0) is 20.1. The maximum Gasteiger partial charge on any atom is 0.257 e. The number of benzene rings is 3. The van der Waals surface area contributed by atoms with Crippen LogP contribution in [0.25, 0.3) is 11.1 Å². The number of hydrogen-bond acceptors (Lipinski definition) is 5. The van der Waals surface area contributed by atoms with Crippen molar-refractivity contribution < 1.29 is 13.9 Å². The molecule has 146 valence electrons. The molecule has 0 radical (unpaired) electrons. The van der Waals surface area contributed by atoms with E-state index in [1.807, 2.05) is 85.8 Å². The van der Waals surface area contributed by atoms with Crippen molar-refractivity contribution in [1.29, 1.82) is 0 Å². The first kappa shape index (κ1) is 19.1. The summed E-state index contributed by atoms with van der Waals surface area (Å²) in [6.07, 6.45) is 0. The number of rotatable bonds is 7. The molecule has 0 aliphatic carbocycles. The van der Waals surface area contributed by atoms with Gasteiger partial charge in [0, 0.05) is 0 Å². The quantitative estimate of drug-likeness (QED) is 0.400. The van der Waals surface area contributed by atoms with Crippen molar-refractivity contribution in [2.45, 2.75) is 17.4 Å². The number of carbonyl (C=O) groups excluding carboxylic acids is 1. The summed E-state index contributed by atoms with van der Waals surface area (Å²) in [6.45, 7) is 2.43. The molecule has 0 fully saturated rings. The molecule has 4 rings (SSSR count). The summed E-state index contributed by atoms with van der Waals surface area (Å²) < 4.78 is 11.5. The zero-order valence-corrected chi connectivity index (χ0v) is 16.7. The van der Waals surface area contributed by atoms with Crippen LogP contribution in [0.15, 0.2) is 88.5 Å². The first-order chi connectivity index (χ1) is 14.2. The van der Waals surface area contributed by atoms with E-state index in [1.54, 1.807) is 0 Å². The molecule has 0 bridgehead atoms. The van der Waals surface area contributed by atoms with E-state index in [0.717, 1.165) is 11.1 Å². The minimum atomic E-state index is -0.529. The lowest BCUT2D eigenvalue weighted by Gasteiger charge is -2.17. The van der Waals surface area contributed by atoms with Crippen LogP contribution in [0.4, 0.5) is 5.69 Å². The van der Waals surface area contributed by atoms with Crippen LogP contribution in [0.2, 0.25) is 0 Å². The van der Waals surface area contributed by atoms with Crippen LogP contribution in [0.5, 0.6) is 5.75 Å². The fourth-order valence-electron chi connectivity index (χ4n) is 2.95. The largest absolute Gasteiger partial charge is 0.492 e.